The fourth-order valence-corrected chi connectivity index (χ4v) is 1.89. The van der Waals surface area contributed by atoms with Gasteiger partial charge in [0.1, 0.15) is 5.75 Å². The molecule has 0 aliphatic carbocycles. The summed E-state index contributed by atoms with van der Waals surface area (Å²) in [6.45, 7) is 4.67. The Labute approximate surface area is 122 Å². The minimum Gasteiger partial charge on any atom is -0.497 e. The monoisotopic (exact) mass is 287 g/mol. The minimum atomic E-state index is -0.766. The highest BCUT2D eigenvalue weighted by Crippen LogP contribution is 2.22. The number of benzene rings is 1. The van der Waals surface area contributed by atoms with Gasteiger partial charge in [-0.15, -0.1) is 0 Å². The Kier molecular flexibility index (Phi) is 4.21. The molecule has 1 heterocycles. The van der Waals surface area contributed by atoms with Gasteiger partial charge >= 0.3 is 5.97 Å². The number of rotatable bonds is 4. The largest absolute Gasteiger partial charge is 0.497 e. The number of aryl methyl sites for hydroxylation is 1. The second kappa shape index (κ2) is 5.91. The maximum absolute atomic E-state index is 12.1. The van der Waals surface area contributed by atoms with E-state index in [4.69, 9.17) is 9.47 Å². The van der Waals surface area contributed by atoms with Crippen LogP contribution in [0.3, 0.4) is 0 Å². The van der Waals surface area contributed by atoms with Crippen molar-refractivity contribution in [1.82, 2.24) is 4.98 Å². The van der Waals surface area contributed by atoms with E-state index in [1.807, 2.05) is 12.1 Å². The molecular weight excluding hydrogens is 270 g/mol. The third-order valence-electron chi connectivity index (χ3n) is 3.29. The maximum Gasteiger partial charge on any atom is 0.340 e. The van der Waals surface area contributed by atoms with Gasteiger partial charge in [-0.3, -0.25) is 9.78 Å². The lowest BCUT2D eigenvalue weighted by molar-refractivity contribution is -0.124. The summed E-state index contributed by atoms with van der Waals surface area (Å²) >= 11 is 0. The van der Waals surface area contributed by atoms with Gasteiger partial charge in [-0.1, -0.05) is 0 Å². The van der Waals surface area contributed by atoms with Gasteiger partial charge < -0.3 is 9.47 Å². The number of pyridine rings is 1. The SMILES string of the molecule is COc1ccc2nc(C)c(C(=O)OC(C)C(C)=O)cc2c1. The van der Waals surface area contributed by atoms with Crippen molar-refractivity contribution in [2.75, 3.05) is 7.11 Å². The van der Waals surface area contributed by atoms with E-state index in [9.17, 15) is 9.59 Å². The van der Waals surface area contributed by atoms with Crippen LogP contribution in [0.25, 0.3) is 10.9 Å². The number of aromatic nitrogens is 1. The van der Waals surface area contributed by atoms with Crippen molar-refractivity contribution >= 4 is 22.7 Å². The predicted molar refractivity (Wildman–Crippen MR) is 78.6 cm³/mol. The number of carbonyl (C=O) groups excluding carboxylic acids is 2. The topological polar surface area (TPSA) is 65.5 Å². The van der Waals surface area contributed by atoms with Crippen LogP contribution >= 0.6 is 0 Å². The van der Waals surface area contributed by atoms with Crippen molar-refractivity contribution in [3.8, 4) is 5.75 Å². The molecule has 1 aromatic carbocycles. The normalized spacial score (nSPS) is 12.0. The van der Waals surface area contributed by atoms with Crippen LogP contribution in [0.2, 0.25) is 0 Å². The summed E-state index contributed by atoms with van der Waals surface area (Å²) in [6.07, 6.45) is -0.766. The van der Waals surface area contributed by atoms with E-state index >= 15 is 0 Å². The molecule has 0 saturated heterocycles. The van der Waals surface area contributed by atoms with Gasteiger partial charge in [0.25, 0.3) is 0 Å². The first-order valence-electron chi connectivity index (χ1n) is 6.59. The first-order valence-corrected chi connectivity index (χ1v) is 6.59. The van der Waals surface area contributed by atoms with Crippen LogP contribution in [-0.4, -0.2) is 30.0 Å². The zero-order chi connectivity index (χ0) is 15.6. The molecule has 110 valence electrons. The zero-order valence-electron chi connectivity index (χ0n) is 12.5. The third kappa shape index (κ3) is 3.18. The van der Waals surface area contributed by atoms with Gasteiger partial charge in [0.15, 0.2) is 11.9 Å². The molecule has 1 aromatic heterocycles. The summed E-state index contributed by atoms with van der Waals surface area (Å²) in [5.41, 5.74) is 1.68. The van der Waals surface area contributed by atoms with E-state index in [2.05, 4.69) is 4.98 Å². The van der Waals surface area contributed by atoms with Gasteiger partial charge in [-0.05, 0) is 45.0 Å². The number of Topliss-reactive ketones (excluding diaryl/α,β-unsaturated/α-hetero) is 1. The van der Waals surface area contributed by atoms with Gasteiger partial charge in [-0.25, -0.2) is 4.79 Å². The molecule has 0 aliphatic heterocycles. The number of ether oxygens (including phenoxy) is 2. The van der Waals surface area contributed by atoms with Crippen molar-refractivity contribution in [3.05, 3.63) is 35.5 Å². The van der Waals surface area contributed by atoms with Crippen molar-refractivity contribution in [2.45, 2.75) is 26.9 Å². The van der Waals surface area contributed by atoms with Gasteiger partial charge in [-0.2, -0.15) is 0 Å². The second-order valence-corrected chi connectivity index (χ2v) is 4.84. The highest BCUT2D eigenvalue weighted by molar-refractivity contribution is 5.96. The number of carbonyl (C=O) groups is 2. The van der Waals surface area contributed by atoms with Gasteiger partial charge in [0.05, 0.1) is 23.9 Å². The quantitative estimate of drug-likeness (QED) is 0.809. The molecule has 0 aliphatic rings. The number of fused-ring (bicyclic) bond motifs is 1. The van der Waals surface area contributed by atoms with Crippen molar-refractivity contribution in [3.63, 3.8) is 0 Å². The summed E-state index contributed by atoms with van der Waals surface area (Å²) in [5, 5.41) is 0.780. The van der Waals surface area contributed by atoms with E-state index in [1.165, 1.54) is 6.92 Å². The fourth-order valence-electron chi connectivity index (χ4n) is 1.89. The Morgan fingerprint density at radius 3 is 2.57 bits per heavy atom. The lowest BCUT2D eigenvalue weighted by Crippen LogP contribution is -2.22. The summed E-state index contributed by atoms with van der Waals surface area (Å²) in [5.74, 6) is -0.0617. The van der Waals surface area contributed by atoms with Gasteiger partial charge in [0, 0.05) is 5.39 Å². The summed E-state index contributed by atoms with van der Waals surface area (Å²) in [7, 11) is 1.58. The van der Waals surface area contributed by atoms with E-state index < -0.39 is 12.1 Å². The smallest absolute Gasteiger partial charge is 0.340 e. The van der Waals surface area contributed by atoms with E-state index in [0.29, 0.717) is 17.0 Å². The molecule has 5 nitrogen and oxygen atoms in total. The molecule has 2 aromatic rings. The Hall–Kier alpha value is -2.43. The number of esters is 1. The Morgan fingerprint density at radius 1 is 1.24 bits per heavy atom. The van der Waals surface area contributed by atoms with Crippen LogP contribution in [0.1, 0.15) is 29.9 Å². The van der Waals surface area contributed by atoms with Crippen LogP contribution in [0, 0.1) is 6.92 Å². The third-order valence-corrected chi connectivity index (χ3v) is 3.29. The molecule has 0 radical (unpaired) electrons. The Morgan fingerprint density at radius 2 is 1.95 bits per heavy atom. The summed E-state index contributed by atoms with van der Waals surface area (Å²) in [6, 6.07) is 7.14. The molecule has 0 bridgehead atoms. The lowest BCUT2D eigenvalue weighted by Gasteiger charge is -2.12. The van der Waals surface area contributed by atoms with Crippen LogP contribution in [0.5, 0.6) is 5.75 Å². The van der Waals surface area contributed by atoms with Crippen LogP contribution in [0.4, 0.5) is 0 Å². The predicted octanol–water partition coefficient (Wildman–Crippen LogP) is 2.69. The molecule has 0 spiro atoms. The van der Waals surface area contributed by atoms with Crippen molar-refractivity contribution < 1.29 is 19.1 Å². The van der Waals surface area contributed by atoms with E-state index in [1.54, 1.807) is 33.1 Å². The highest BCUT2D eigenvalue weighted by atomic mass is 16.5. The van der Waals surface area contributed by atoms with E-state index in [-0.39, 0.29) is 5.78 Å². The number of hydrogen-bond donors (Lipinski definition) is 0. The maximum atomic E-state index is 12.1. The molecule has 0 N–H and O–H groups in total. The first-order chi connectivity index (χ1) is 9.92. The number of nitrogens with zero attached hydrogens (tertiary/aromatic N) is 1. The van der Waals surface area contributed by atoms with Crippen LogP contribution < -0.4 is 4.74 Å². The molecule has 1 unspecified atom stereocenters. The average Bonchev–Trinajstić information content (AvgIpc) is 2.45. The molecule has 21 heavy (non-hydrogen) atoms. The second-order valence-electron chi connectivity index (χ2n) is 4.84. The molecule has 2 rings (SSSR count). The van der Waals surface area contributed by atoms with Crippen LogP contribution in [-0.2, 0) is 9.53 Å². The summed E-state index contributed by atoms with van der Waals surface area (Å²) in [4.78, 5) is 27.7. The standard InChI is InChI=1S/C16H17NO4/c1-9-14(16(19)21-11(3)10(2)18)8-12-7-13(20-4)5-6-15(12)17-9/h5-8,11H,1-4H3. The van der Waals surface area contributed by atoms with Crippen molar-refractivity contribution in [2.24, 2.45) is 0 Å². The lowest BCUT2D eigenvalue weighted by atomic mass is 10.1. The zero-order valence-corrected chi connectivity index (χ0v) is 12.5. The first kappa shape index (κ1) is 15.0. The molecule has 5 heteroatoms. The molecule has 1 atom stereocenters. The average molecular weight is 287 g/mol. The van der Waals surface area contributed by atoms with Crippen LogP contribution in [0.15, 0.2) is 24.3 Å². The number of hydrogen-bond acceptors (Lipinski definition) is 5. The molecule has 0 amide bonds. The summed E-state index contributed by atoms with van der Waals surface area (Å²) < 4.78 is 10.3. The molecule has 0 fully saturated rings. The van der Waals surface area contributed by atoms with Gasteiger partial charge in [0.2, 0.25) is 0 Å². The number of ketones is 1. The fraction of sp³-hybridized carbons (Fsp3) is 0.312. The highest BCUT2D eigenvalue weighted by Gasteiger charge is 2.18. The van der Waals surface area contributed by atoms with Crippen molar-refractivity contribution in [1.29, 1.82) is 0 Å². The van der Waals surface area contributed by atoms with E-state index in [0.717, 1.165) is 10.9 Å². The molecule has 0 saturated carbocycles. The Bertz CT molecular complexity index is 709. The Balaban J connectivity index is 2.41. The number of methoxy groups -OCH3 is 1. The molecular formula is C16H17NO4. The minimum absolute atomic E-state index is 0.198.